The van der Waals surface area contributed by atoms with Crippen LogP contribution in [0.2, 0.25) is 0 Å². The molecule has 0 aromatic carbocycles. The Morgan fingerprint density at radius 3 is 2.60 bits per heavy atom. The highest BCUT2D eigenvalue weighted by Gasteiger charge is 2.30. The minimum atomic E-state index is 0.187. The standard InChI is InChI=1S/C16H31N3O/c1-12-11-14(17)3-4-15(12)16(20)18-8-5-13-6-9-19(2)10-7-13/h12-15H,3-11,17H2,1-2H3,(H,18,20). The Morgan fingerprint density at radius 2 is 1.95 bits per heavy atom. The third kappa shape index (κ3) is 4.45. The van der Waals surface area contributed by atoms with Gasteiger partial charge in [0.25, 0.3) is 0 Å². The number of nitrogens with zero attached hydrogens (tertiary/aromatic N) is 1. The van der Waals surface area contributed by atoms with Gasteiger partial charge in [-0.1, -0.05) is 6.92 Å². The molecule has 0 aromatic rings. The van der Waals surface area contributed by atoms with Gasteiger partial charge in [0.1, 0.15) is 0 Å². The minimum absolute atomic E-state index is 0.187. The van der Waals surface area contributed by atoms with Crippen LogP contribution in [-0.2, 0) is 4.79 Å². The fraction of sp³-hybridized carbons (Fsp3) is 0.938. The van der Waals surface area contributed by atoms with E-state index < -0.39 is 0 Å². The van der Waals surface area contributed by atoms with E-state index in [1.54, 1.807) is 0 Å². The molecule has 3 atom stereocenters. The van der Waals surface area contributed by atoms with Gasteiger partial charge in [-0.2, -0.15) is 0 Å². The Morgan fingerprint density at radius 1 is 1.25 bits per heavy atom. The monoisotopic (exact) mass is 281 g/mol. The molecule has 0 aromatic heterocycles. The highest BCUT2D eigenvalue weighted by molar-refractivity contribution is 5.79. The van der Waals surface area contributed by atoms with E-state index in [0.29, 0.717) is 12.0 Å². The van der Waals surface area contributed by atoms with Crippen molar-refractivity contribution >= 4 is 5.91 Å². The fourth-order valence-corrected chi connectivity index (χ4v) is 3.71. The van der Waals surface area contributed by atoms with Crippen LogP contribution in [0.4, 0.5) is 0 Å². The minimum Gasteiger partial charge on any atom is -0.356 e. The molecule has 1 aliphatic carbocycles. The molecule has 3 unspecified atom stereocenters. The maximum Gasteiger partial charge on any atom is 0.223 e. The van der Waals surface area contributed by atoms with E-state index in [1.165, 1.54) is 25.9 Å². The van der Waals surface area contributed by atoms with Gasteiger partial charge in [0.05, 0.1) is 0 Å². The lowest BCUT2D eigenvalue weighted by Gasteiger charge is -2.32. The summed E-state index contributed by atoms with van der Waals surface area (Å²) in [5.41, 5.74) is 5.96. The van der Waals surface area contributed by atoms with Crippen molar-refractivity contribution in [3.05, 3.63) is 0 Å². The number of nitrogens with one attached hydrogen (secondary N) is 1. The molecule has 2 fully saturated rings. The van der Waals surface area contributed by atoms with Crippen LogP contribution in [0.1, 0.15) is 45.4 Å². The van der Waals surface area contributed by atoms with E-state index in [9.17, 15) is 4.79 Å². The number of rotatable bonds is 4. The van der Waals surface area contributed by atoms with E-state index in [1.807, 2.05) is 0 Å². The molecule has 1 amide bonds. The van der Waals surface area contributed by atoms with Crippen LogP contribution in [0, 0.1) is 17.8 Å². The van der Waals surface area contributed by atoms with Gasteiger partial charge < -0.3 is 16.0 Å². The normalized spacial score (nSPS) is 33.0. The highest BCUT2D eigenvalue weighted by Crippen LogP contribution is 2.29. The topological polar surface area (TPSA) is 58.4 Å². The molecule has 3 N–H and O–H groups in total. The smallest absolute Gasteiger partial charge is 0.223 e. The van der Waals surface area contributed by atoms with Gasteiger partial charge in [-0.15, -0.1) is 0 Å². The van der Waals surface area contributed by atoms with Crippen molar-refractivity contribution in [2.75, 3.05) is 26.7 Å². The van der Waals surface area contributed by atoms with Gasteiger partial charge >= 0.3 is 0 Å². The zero-order valence-electron chi connectivity index (χ0n) is 13.1. The van der Waals surface area contributed by atoms with E-state index in [2.05, 4.69) is 24.2 Å². The summed E-state index contributed by atoms with van der Waals surface area (Å²) in [5, 5.41) is 3.16. The van der Waals surface area contributed by atoms with Crippen LogP contribution < -0.4 is 11.1 Å². The van der Waals surface area contributed by atoms with Crippen LogP contribution >= 0.6 is 0 Å². The number of carbonyl (C=O) groups is 1. The first kappa shape index (κ1) is 15.8. The summed E-state index contributed by atoms with van der Waals surface area (Å²) >= 11 is 0. The molecule has 0 radical (unpaired) electrons. The summed E-state index contributed by atoms with van der Waals surface area (Å²) in [5.74, 6) is 1.68. The molecule has 2 rings (SSSR count). The molecule has 4 heteroatoms. The number of piperidine rings is 1. The van der Waals surface area contributed by atoms with Gasteiger partial charge in [0.15, 0.2) is 0 Å². The average molecular weight is 281 g/mol. The van der Waals surface area contributed by atoms with Crippen molar-refractivity contribution in [3.8, 4) is 0 Å². The first-order valence-corrected chi connectivity index (χ1v) is 8.28. The van der Waals surface area contributed by atoms with Gasteiger partial charge in [0, 0.05) is 18.5 Å². The van der Waals surface area contributed by atoms with Crippen LogP contribution in [0.15, 0.2) is 0 Å². The van der Waals surface area contributed by atoms with Crippen LogP contribution in [0.5, 0.6) is 0 Å². The van der Waals surface area contributed by atoms with Crippen molar-refractivity contribution in [2.45, 2.75) is 51.5 Å². The molecular formula is C16H31N3O. The third-order valence-electron chi connectivity index (χ3n) is 5.24. The predicted molar refractivity (Wildman–Crippen MR) is 82.3 cm³/mol. The predicted octanol–water partition coefficient (Wildman–Crippen LogP) is 1.60. The SMILES string of the molecule is CC1CC(N)CCC1C(=O)NCCC1CCN(C)CC1. The molecular weight excluding hydrogens is 250 g/mol. The van der Waals surface area contributed by atoms with E-state index in [-0.39, 0.29) is 11.8 Å². The molecule has 20 heavy (non-hydrogen) atoms. The second-order valence-corrected chi connectivity index (χ2v) is 6.98. The number of amides is 1. The van der Waals surface area contributed by atoms with E-state index >= 15 is 0 Å². The molecule has 1 heterocycles. The first-order valence-electron chi connectivity index (χ1n) is 8.28. The molecule has 0 bridgehead atoms. The number of hydrogen-bond donors (Lipinski definition) is 2. The molecule has 2 aliphatic rings. The quantitative estimate of drug-likeness (QED) is 0.823. The lowest BCUT2D eigenvalue weighted by molar-refractivity contribution is -0.127. The Balaban J connectivity index is 1.65. The van der Waals surface area contributed by atoms with Gasteiger partial charge in [-0.25, -0.2) is 0 Å². The first-order chi connectivity index (χ1) is 9.56. The average Bonchev–Trinajstić information content (AvgIpc) is 2.41. The lowest BCUT2D eigenvalue weighted by atomic mass is 9.78. The largest absolute Gasteiger partial charge is 0.356 e. The molecule has 0 spiro atoms. The summed E-state index contributed by atoms with van der Waals surface area (Å²) in [6, 6.07) is 0.299. The van der Waals surface area contributed by atoms with E-state index in [0.717, 1.165) is 38.1 Å². The molecule has 1 aliphatic heterocycles. The summed E-state index contributed by atoms with van der Waals surface area (Å²) < 4.78 is 0. The third-order valence-corrected chi connectivity index (χ3v) is 5.24. The van der Waals surface area contributed by atoms with Crippen molar-refractivity contribution in [3.63, 3.8) is 0 Å². The number of carbonyl (C=O) groups excluding carboxylic acids is 1. The lowest BCUT2D eigenvalue weighted by Crippen LogP contribution is -2.41. The summed E-state index contributed by atoms with van der Waals surface area (Å²) in [6.45, 7) is 5.43. The molecule has 4 nitrogen and oxygen atoms in total. The van der Waals surface area contributed by atoms with Crippen molar-refractivity contribution in [1.29, 1.82) is 0 Å². The summed E-state index contributed by atoms with van der Waals surface area (Å²) in [4.78, 5) is 14.6. The fourth-order valence-electron chi connectivity index (χ4n) is 3.71. The Bertz CT molecular complexity index is 313. The Kier molecular flexibility index (Phi) is 5.85. The van der Waals surface area contributed by atoms with Crippen LogP contribution in [-0.4, -0.2) is 43.5 Å². The zero-order valence-corrected chi connectivity index (χ0v) is 13.1. The van der Waals surface area contributed by atoms with Crippen molar-refractivity contribution in [2.24, 2.45) is 23.5 Å². The highest BCUT2D eigenvalue weighted by atomic mass is 16.1. The number of hydrogen-bond acceptors (Lipinski definition) is 3. The summed E-state index contributed by atoms with van der Waals surface area (Å²) in [7, 11) is 2.19. The maximum absolute atomic E-state index is 12.2. The van der Waals surface area contributed by atoms with Crippen LogP contribution in [0.25, 0.3) is 0 Å². The van der Waals surface area contributed by atoms with Crippen molar-refractivity contribution in [1.82, 2.24) is 10.2 Å². The number of nitrogens with two attached hydrogens (primary N) is 1. The van der Waals surface area contributed by atoms with Crippen molar-refractivity contribution < 1.29 is 4.79 Å². The Hall–Kier alpha value is -0.610. The molecule has 1 saturated carbocycles. The number of likely N-dealkylation sites (tertiary alicyclic amines) is 1. The second-order valence-electron chi connectivity index (χ2n) is 6.98. The zero-order chi connectivity index (χ0) is 14.5. The molecule has 1 saturated heterocycles. The Labute approximate surface area is 123 Å². The van der Waals surface area contributed by atoms with Gasteiger partial charge in [-0.3, -0.25) is 4.79 Å². The maximum atomic E-state index is 12.2. The second kappa shape index (κ2) is 7.41. The molecule has 116 valence electrons. The van der Waals surface area contributed by atoms with Crippen LogP contribution in [0.3, 0.4) is 0 Å². The van der Waals surface area contributed by atoms with Gasteiger partial charge in [0.2, 0.25) is 5.91 Å². The van der Waals surface area contributed by atoms with Gasteiger partial charge in [-0.05, 0) is 70.5 Å². The van der Waals surface area contributed by atoms with E-state index in [4.69, 9.17) is 5.73 Å². The summed E-state index contributed by atoms with van der Waals surface area (Å²) in [6.07, 6.45) is 6.65.